The van der Waals surface area contributed by atoms with Crippen LogP contribution in [-0.2, 0) is 6.18 Å². The van der Waals surface area contributed by atoms with Crippen LogP contribution >= 0.6 is 0 Å². The van der Waals surface area contributed by atoms with E-state index in [9.17, 15) is 13.2 Å². The third kappa shape index (κ3) is 2.55. The van der Waals surface area contributed by atoms with E-state index in [-0.39, 0.29) is 0 Å². The van der Waals surface area contributed by atoms with Crippen LogP contribution in [0.25, 0.3) is 5.57 Å². The SMILES string of the molecule is COc1cc(C(F)(F)F)ccc1C1=CC2CCC(C1)N2C. The third-order valence-corrected chi connectivity index (χ3v) is 4.62. The Kier molecular flexibility index (Phi) is 3.48. The molecule has 0 aromatic heterocycles. The van der Waals surface area contributed by atoms with Gasteiger partial charge in [0, 0.05) is 17.6 Å². The number of ether oxygens (including phenoxy) is 1. The van der Waals surface area contributed by atoms with E-state index in [1.54, 1.807) is 0 Å². The number of alkyl halides is 3. The zero-order valence-corrected chi connectivity index (χ0v) is 12.1. The molecule has 1 fully saturated rings. The number of rotatable bonds is 2. The maximum absolute atomic E-state index is 12.8. The monoisotopic (exact) mass is 297 g/mol. The molecule has 2 atom stereocenters. The summed E-state index contributed by atoms with van der Waals surface area (Å²) in [5, 5.41) is 0. The van der Waals surface area contributed by atoms with Crippen molar-refractivity contribution in [3.63, 3.8) is 0 Å². The topological polar surface area (TPSA) is 12.5 Å². The Bertz CT molecular complexity index is 579. The van der Waals surface area contributed by atoms with Crippen molar-refractivity contribution in [2.24, 2.45) is 0 Å². The molecule has 2 unspecified atom stereocenters. The molecule has 0 spiro atoms. The zero-order chi connectivity index (χ0) is 15.2. The Morgan fingerprint density at radius 1 is 1.24 bits per heavy atom. The van der Waals surface area contributed by atoms with Crippen molar-refractivity contribution in [2.75, 3.05) is 14.2 Å². The van der Waals surface area contributed by atoms with Gasteiger partial charge in [-0.1, -0.05) is 12.1 Å². The first-order chi connectivity index (χ1) is 9.90. The highest BCUT2D eigenvalue weighted by molar-refractivity contribution is 5.73. The molecule has 2 aliphatic rings. The average Bonchev–Trinajstić information content (AvgIpc) is 2.66. The molecule has 2 bridgehead atoms. The van der Waals surface area contributed by atoms with Crippen LogP contribution in [-0.4, -0.2) is 31.1 Å². The molecule has 21 heavy (non-hydrogen) atoms. The molecule has 1 aromatic carbocycles. The first kappa shape index (κ1) is 14.4. The zero-order valence-electron chi connectivity index (χ0n) is 12.1. The van der Waals surface area contributed by atoms with Crippen LogP contribution < -0.4 is 4.74 Å². The molecular weight excluding hydrogens is 279 g/mol. The first-order valence-corrected chi connectivity index (χ1v) is 7.08. The second kappa shape index (κ2) is 5.05. The molecule has 1 saturated heterocycles. The highest BCUT2D eigenvalue weighted by atomic mass is 19.4. The molecule has 0 amide bonds. The standard InChI is InChI=1S/C16H18F3NO/c1-20-12-4-5-13(20)8-10(7-12)14-6-3-11(16(17,18)19)9-15(14)21-2/h3,6-7,9,12-13H,4-5,8H2,1-2H3. The summed E-state index contributed by atoms with van der Waals surface area (Å²) in [6.45, 7) is 0. The summed E-state index contributed by atoms with van der Waals surface area (Å²) >= 11 is 0. The Morgan fingerprint density at radius 3 is 2.62 bits per heavy atom. The molecule has 0 aliphatic carbocycles. The van der Waals surface area contributed by atoms with Crippen molar-refractivity contribution in [2.45, 2.75) is 37.5 Å². The number of hydrogen-bond acceptors (Lipinski definition) is 2. The predicted molar refractivity (Wildman–Crippen MR) is 75.2 cm³/mol. The second-order valence-corrected chi connectivity index (χ2v) is 5.77. The summed E-state index contributed by atoms with van der Waals surface area (Å²) in [6, 6.07) is 4.65. The number of likely N-dealkylation sites (N-methyl/N-ethyl adjacent to an activating group) is 1. The second-order valence-electron chi connectivity index (χ2n) is 5.77. The minimum atomic E-state index is -4.34. The van der Waals surface area contributed by atoms with E-state index < -0.39 is 11.7 Å². The van der Waals surface area contributed by atoms with Gasteiger partial charge in [-0.2, -0.15) is 13.2 Å². The maximum atomic E-state index is 12.8. The molecule has 2 aliphatic heterocycles. The summed E-state index contributed by atoms with van der Waals surface area (Å²) < 4.78 is 43.6. The van der Waals surface area contributed by atoms with Crippen LogP contribution in [0, 0.1) is 0 Å². The molecule has 3 rings (SSSR count). The van der Waals surface area contributed by atoms with Gasteiger partial charge >= 0.3 is 6.18 Å². The van der Waals surface area contributed by atoms with Crippen molar-refractivity contribution in [1.29, 1.82) is 0 Å². The van der Waals surface area contributed by atoms with Crippen LogP contribution in [0.4, 0.5) is 13.2 Å². The number of benzene rings is 1. The maximum Gasteiger partial charge on any atom is 0.416 e. The summed E-state index contributed by atoms with van der Waals surface area (Å²) in [7, 11) is 3.53. The van der Waals surface area contributed by atoms with E-state index >= 15 is 0 Å². The van der Waals surface area contributed by atoms with Crippen molar-refractivity contribution in [3.05, 3.63) is 35.4 Å². The largest absolute Gasteiger partial charge is 0.496 e. The van der Waals surface area contributed by atoms with E-state index in [0.29, 0.717) is 17.8 Å². The lowest BCUT2D eigenvalue weighted by Gasteiger charge is -2.31. The van der Waals surface area contributed by atoms with Gasteiger partial charge in [0.1, 0.15) is 5.75 Å². The van der Waals surface area contributed by atoms with Crippen LogP contribution in [0.15, 0.2) is 24.3 Å². The molecule has 1 aromatic rings. The van der Waals surface area contributed by atoms with Crippen LogP contribution in [0.2, 0.25) is 0 Å². The minimum absolute atomic E-state index is 0.306. The fourth-order valence-corrected chi connectivity index (χ4v) is 3.37. The van der Waals surface area contributed by atoms with Crippen molar-refractivity contribution >= 4 is 5.57 Å². The van der Waals surface area contributed by atoms with Crippen LogP contribution in [0.3, 0.4) is 0 Å². The lowest BCUT2D eigenvalue weighted by Crippen LogP contribution is -2.34. The molecule has 0 saturated carbocycles. The summed E-state index contributed by atoms with van der Waals surface area (Å²) in [6.07, 6.45) is 0.965. The summed E-state index contributed by atoms with van der Waals surface area (Å²) in [4.78, 5) is 2.35. The van der Waals surface area contributed by atoms with E-state index in [1.807, 2.05) is 0 Å². The summed E-state index contributed by atoms with van der Waals surface area (Å²) in [5.74, 6) is 0.306. The molecule has 2 nitrogen and oxygen atoms in total. The van der Waals surface area contributed by atoms with E-state index in [2.05, 4.69) is 18.0 Å². The van der Waals surface area contributed by atoms with Crippen molar-refractivity contribution in [3.8, 4) is 5.75 Å². The Balaban J connectivity index is 1.98. The Morgan fingerprint density at radius 2 is 2.00 bits per heavy atom. The van der Waals surface area contributed by atoms with Gasteiger partial charge in [0.2, 0.25) is 0 Å². The van der Waals surface area contributed by atoms with Gasteiger partial charge in [-0.15, -0.1) is 0 Å². The van der Waals surface area contributed by atoms with Crippen molar-refractivity contribution < 1.29 is 17.9 Å². The molecule has 5 heteroatoms. The normalized spacial score (nSPS) is 25.9. The fourth-order valence-electron chi connectivity index (χ4n) is 3.37. The molecule has 0 N–H and O–H groups in total. The minimum Gasteiger partial charge on any atom is -0.496 e. The van der Waals surface area contributed by atoms with E-state index in [4.69, 9.17) is 4.74 Å². The molecule has 114 valence electrons. The van der Waals surface area contributed by atoms with E-state index in [0.717, 1.165) is 42.5 Å². The van der Waals surface area contributed by atoms with Crippen LogP contribution in [0.5, 0.6) is 5.75 Å². The lowest BCUT2D eigenvalue weighted by atomic mass is 9.93. The van der Waals surface area contributed by atoms with Gasteiger partial charge in [-0.05, 0) is 44.0 Å². The van der Waals surface area contributed by atoms with Gasteiger partial charge in [0.15, 0.2) is 0 Å². The number of methoxy groups -OCH3 is 1. The quantitative estimate of drug-likeness (QED) is 0.819. The van der Waals surface area contributed by atoms with Gasteiger partial charge in [-0.3, -0.25) is 4.90 Å². The highest BCUT2D eigenvalue weighted by Crippen LogP contribution is 2.41. The van der Waals surface area contributed by atoms with Crippen LogP contribution in [0.1, 0.15) is 30.4 Å². The number of hydrogen-bond donors (Lipinski definition) is 0. The number of fused-ring (bicyclic) bond motifs is 2. The van der Waals surface area contributed by atoms with Gasteiger partial charge in [-0.25, -0.2) is 0 Å². The predicted octanol–water partition coefficient (Wildman–Crippen LogP) is 3.96. The van der Waals surface area contributed by atoms with Gasteiger partial charge in [0.25, 0.3) is 0 Å². The first-order valence-electron chi connectivity index (χ1n) is 7.08. The third-order valence-electron chi connectivity index (χ3n) is 4.62. The smallest absolute Gasteiger partial charge is 0.416 e. The molecule has 2 heterocycles. The number of halogens is 3. The molecule has 0 radical (unpaired) electrons. The lowest BCUT2D eigenvalue weighted by molar-refractivity contribution is -0.137. The van der Waals surface area contributed by atoms with Gasteiger partial charge < -0.3 is 4.74 Å². The number of nitrogens with zero attached hydrogens (tertiary/aromatic N) is 1. The molecular formula is C16H18F3NO. The summed E-state index contributed by atoms with van der Waals surface area (Å²) in [5.41, 5.74) is 1.22. The average molecular weight is 297 g/mol. The highest BCUT2D eigenvalue weighted by Gasteiger charge is 2.35. The Labute approximate surface area is 122 Å². The Hall–Kier alpha value is -1.49. The van der Waals surface area contributed by atoms with Gasteiger partial charge in [0.05, 0.1) is 12.7 Å². The van der Waals surface area contributed by atoms with E-state index in [1.165, 1.54) is 13.2 Å². The van der Waals surface area contributed by atoms with Crippen molar-refractivity contribution in [1.82, 2.24) is 4.90 Å². The fraction of sp³-hybridized carbons (Fsp3) is 0.500.